The lowest BCUT2D eigenvalue weighted by Gasteiger charge is -2.20. The van der Waals surface area contributed by atoms with Crippen LogP contribution < -0.4 is 10.9 Å². The number of benzene rings is 1. The quantitative estimate of drug-likeness (QED) is 0.692. The smallest absolute Gasteiger partial charge is 0.310 e. The van der Waals surface area contributed by atoms with Gasteiger partial charge in [0.05, 0.1) is 4.92 Å². The molecule has 6 nitrogen and oxygen atoms in total. The van der Waals surface area contributed by atoms with Gasteiger partial charge in [0.2, 0.25) is 0 Å². The Hall–Kier alpha value is -2.63. The van der Waals surface area contributed by atoms with Gasteiger partial charge in [0.25, 0.3) is 5.56 Å². The first-order chi connectivity index (χ1) is 10.2. The second-order valence-electron chi connectivity index (χ2n) is 5.06. The van der Waals surface area contributed by atoms with Crippen molar-refractivity contribution in [3.63, 3.8) is 0 Å². The van der Waals surface area contributed by atoms with Crippen molar-refractivity contribution in [2.45, 2.75) is 19.4 Å². The molecule has 0 saturated heterocycles. The van der Waals surface area contributed by atoms with Gasteiger partial charge in [-0.05, 0) is 12.0 Å². The van der Waals surface area contributed by atoms with Crippen molar-refractivity contribution in [2.75, 3.05) is 11.9 Å². The van der Waals surface area contributed by atoms with Crippen LogP contribution in [0.25, 0.3) is 0 Å². The van der Waals surface area contributed by atoms with E-state index in [1.165, 1.54) is 10.6 Å². The van der Waals surface area contributed by atoms with Crippen LogP contribution in [0.4, 0.5) is 11.5 Å². The van der Waals surface area contributed by atoms with E-state index in [1.54, 1.807) is 0 Å². The Balaban J connectivity index is 2.11. The number of rotatable bonds is 3. The molecule has 0 atom stereocenters. The minimum atomic E-state index is -0.432. The topological polar surface area (TPSA) is 77.2 Å². The number of pyridine rings is 1. The zero-order valence-corrected chi connectivity index (χ0v) is 11.4. The van der Waals surface area contributed by atoms with Crippen LogP contribution in [0.5, 0.6) is 0 Å². The van der Waals surface area contributed by atoms with E-state index in [4.69, 9.17) is 0 Å². The Morgan fingerprint density at radius 2 is 2.05 bits per heavy atom. The lowest BCUT2D eigenvalue weighted by Crippen LogP contribution is -2.31. The summed E-state index contributed by atoms with van der Waals surface area (Å²) in [5.74, 6) is 0.327. The third-order valence-corrected chi connectivity index (χ3v) is 3.63. The summed E-state index contributed by atoms with van der Waals surface area (Å²) in [7, 11) is 0. The van der Waals surface area contributed by atoms with Gasteiger partial charge in [-0.2, -0.15) is 0 Å². The van der Waals surface area contributed by atoms with Gasteiger partial charge < -0.3 is 5.32 Å². The molecule has 0 unspecified atom stereocenters. The molecule has 2 aromatic rings. The summed E-state index contributed by atoms with van der Waals surface area (Å²) < 4.78 is 1.49. The van der Waals surface area contributed by atoms with Gasteiger partial charge in [0.1, 0.15) is 0 Å². The maximum absolute atomic E-state index is 12.5. The van der Waals surface area contributed by atoms with E-state index in [0.29, 0.717) is 30.9 Å². The van der Waals surface area contributed by atoms with E-state index in [0.717, 1.165) is 12.0 Å². The second-order valence-corrected chi connectivity index (χ2v) is 5.06. The van der Waals surface area contributed by atoms with Crippen molar-refractivity contribution in [3.05, 3.63) is 68.0 Å². The molecule has 0 spiro atoms. The lowest BCUT2D eigenvalue weighted by molar-refractivity contribution is -0.384. The maximum atomic E-state index is 12.5. The summed E-state index contributed by atoms with van der Waals surface area (Å²) in [6, 6.07) is 10.9. The molecule has 1 aliphatic heterocycles. The van der Waals surface area contributed by atoms with Crippen LogP contribution in [-0.4, -0.2) is 16.0 Å². The molecule has 3 rings (SSSR count). The molecular weight excluding hydrogens is 270 g/mol. The zero-order chi connectivity index (χ0) is 14.8. The molecule has 1 aromatic carbocycles. The largest absolute Gasteiger partial charge is 0.366 e. The zero-order valence-electron chi connectivity index (χ0n) is 11.4. The van der Waals surface area contributed by atoms with Crippen LogP contribution >= 0.6 is 0 Å². The summed E-state index contributed by atoms with van der Waals surface area (Å²) in [5.41, 5.74) is 1.25. The molecule has 1 aromatic heterocycles. The van der Waals surface area contributed by atoms with E-state index in [9.17, 15) is 14.9 Å². The number of anilines is 1. The summed E-state index contributed by atoms with van der Waals surface area (Å²) in [4.78, 5) is 23.3. The van der Waals surface area contributed by atoms with Crippen molar-refractivity contribution >= 4 is 11.5 Å². The highest BCUT2D eigenvalue weighted by atomic mass is 16.6. The Bertz CT molecular complexity index is 738. The SMILES string of the molecule is O=c1c(Cc2ccccc2)cc([N+](=O)[O-])c2n1CCCN2. The Labute approximate surface area is 121 Å². The summed E-state index contributed by atoms with van der Waals surface area (Å²) in [5, 5.41) is 14.2. The van der Waals surface area contributed by atoms with Gasteiger partial charge >= 0.3 is 5.69 Å². The lowest BCUT2D eigenvalue weighted by atomic mass is 10.1. The highest BCUT2D eigenvalue weighted by Crippen LogP contribution is 2.26. The molecule has 108 valence electrons. The van der Waals surface area contributed by atoms with Gasteiger partial charge in [-0.1, -0.05) is 30.3 Å². The van der Waals surface area contributed by atoms with Gasteiger partial charge in [0.15, 0.2) is 5.82 Å². The van der Waals surface area contributed by atoms with E-state index < -0.39 is 4.92 Å². The average molecular weight is 285 g/mol. The third-order valence-electron chi connectivity index (χ3n) is 3.63. The first kappa shape index (κ1) is 13.4. The molecule has 21 heavy (non-hydrogen) atoms. The molecule has 1 N–H and O–H groups in total. The Kier molecular flexibility index (Phi) is 3.43. The molecule has 6 heteroatoms. The number of aromatic nitrogens is 1. The van der Waals surface area contributed by atoms with Crippen LogP contribution in [0, 0.1) is 10.1 Å². The molecule has 0 radical (unpaired) electrons. The van der Waals surface area contributed by atoms with Crippen LogP contribution in [0.2, 0.25) is 0 Å². The fourth-order valence-electron chi connectivity index (χ4n) is 2.63. The van der Waals surface area contributed by atoms with E-state index >= 15 is 0 Å². The molecule has 0 saturated carbocycles. The average Bonchev–Trinajstić information content (AvgIpc) is 2.51. The van der Waals surface area contributed by atoms with Crippen LogP contribution in [-0.2, 0) is 13.0 Å². The third kappa shape index (κ3) is 2.52. The van der Waals surface area contributed by atoms with Crippen molar-refractivity contribution < 1.29 is 4.92 Å². The molecule has 0 bridgehead atoms. The standard InChI is InChI=1S/C15H15N3O3/c19-15-12(9-11-5-2-1-3-6-11)10-13(18(20)21)14-16-7-4-8-17(14)15/h1-3,5-6,10,16H,4,7-9H2. The van der Waals surface area contributed by atoms with E-state index in [-0.39, 0.29) is 11.2 Å². The monoisotopic (exact) mass is 285 g/mol. The van der Waals surface area contributed by atoms with Crippen LogP contribution in [0.3, 0.4) is 0 Å². The molecule has 0 fully saturated rings. The number of hydrogen-bond acceptors (Lipinski definition) is 4. The number of fused-ring (bicyclic) bond motifs is 1. The van der Waals surface area contributed by atoms with Gasteiger partial charge in [-0.3, -0.25) is 19.5 Å². The first-order valence-corrected chi connectivity index (χ1v) is 6.86. The summed E-state index contributed by atoms with van der Waals surface area (Å²) in [6.07, 6.45) is 1.19. The van der Waals surface area contributed by atoms with Crippen LogP contribution in [0.1, 0.15) is 17.5 Å². The van der Waals surface area contributed by atoms with Crippen LogP contribution in [0.15, 0.2) is 41.2 Å². The fraction of sp³-hybridized carbons (Fsp3) is 0.267. The van der Waals surface area contributed by atoms with Crippen molar-refractivity contribution in [3.8, 4) is 0 Å². The molecule has 0 aliphatic carbocycles. The molecule has 1 aliphatic rings. The molecule has 0 amide bonds. The first-order valence-electron chi connectivity index (χ1n) is 6.86. The minimum Gasteiger partial charge on any atom is -0.366 e. The second kappa shape index (κ2) is 5.40. The highest BCUT2D eigenvalue weighted by molar-refractivity contribution is 5.59. The van der Waals surface area contributed by atoms with E-state index in [1.807, 2.05) is 30.3 Å². The predicted octanol–water partition coefficient (Wildman–Crippen LogP) is 2.16. The summed E-state index contributed by atoms with van der Waals surface area (Å²) in [6.45, 7) is 1.17. The molecule has 2 heterocycles. The summed E-state index contributed by atoms with van der Waals surface area (Å²) >= 11 is 0. The van der Waals surface area contributed by atoms with E-state index in [2.05, 4.69) is 5.32 Å². The maximum Gasteiger partial charge on any atom is 0.310 e. The van der Waals surface area contributed by atoms with Crippen molar-refractivity contribution in [2.24, 2.45) is 0 Å². The fourth-order valence-corrected chi connectivity index (χ4v) is 2.63. The Morgan fingerprint density at radius 1 is 1.29 bits per heavy atom. The predicted molar refractivity (Wildman–Crippen MR) is 79.7 cm³/mol. The highest BCUT2D eigenvalue weighted by Gasteiger charge is 2.24. The van der Waals surface area contributed by atoms with Gasteiger partial charge in [0, 0.05) is 31.1 Å². The number of hydrogen-bond donors (Lipinski definition) is 1. The normalized spacial score (nSPS) is 13.3. The van der Waals surface area contributed by atoms with Crippen molar-refractivity contribution in [1.82, 2.24) is 4.57 Å². The van der Waals surface area contributed by atoms with Gasteiger partial charge in [-0.25, -0.2) is 0 Å². The van der Waals surface area contributed by atoms with Gasteiger partial charge in [-0.15, -0.1) is 0 Å². The molecular formula is C15H15N3O3. The van der Waals surface area contributed by atoms with Crippen molar-refractivity contribution in [1.29, 1.82) is 0 Å². The number of nitrogens with zero attached hydrogens (tertiary/aromatic N) is 2. The minimum absolute atomic E-state index is 0.0276. The Morgan fingerprint density at radius 3 is 2.76 bits per heavy atom. The number of nitrogens with one attached hydrogen (secondary N) is 1. The number of nitro groups is 1.